The molecule has 5 nitrogen and oxygen atoms in total. The Bertz CT molecular complexity index is 479. The highest BCUT2D eigenvalue weighted by Gasteiger charge is 2.09. The third-order valence-corrected chi connectivity index (χ3v) is 3.07. The van der Waals surface area contributed by atoms with Crippen molar-refractivity contribution in [3.8, 4) is 0 Å². The fourth-order valence-electron chi connectivity index (χ4n) is 1.35. The summed E-state index contributed by atoms with van der Waals surface area (Å²) >= 11 is 1.39. The molecule has 2 aromatic heterocycles. The van der Waals surface area contributed by atoms with Gasteiger partial charge in [0.1, 0.15) is 16.5 Å². The van der Waals surface area contributed by atoms with E-state index in [9.17, 15) is 4.79 Å². The first-order valence-corrected chi connectivity index (χ1v) is 6.12. The van der Waals surface area contributed by atoms with Gasteiger partial charge in [-0.25, -0.2) is 4.98 Å². The van der Waals surface area contributed by atoms with E-state index in [2.05, 4.69) is 10.3 Å². The molecule has 0 saturated carbocycles. The van der Waals surface area contributed by atoms with Gasteiger partial charge in [0, 0.05) is 24.9 Å². The number of hydrogen-bond acceptors (Lipinski definition) is 5. The zero-order valence-corrected chi connectivity index (χ0v) is 10.00. The SMILES string of the molecule is NCc1nc(C(=O)NCCc2ccco2)cs1. The Labute approximate surface area is 103 Å². The molecule has 2 heterocycles. The number of nitrogens with two attached hydrogens (primary N) is 1. The molecule has 0 unspecified atom stereocenters. The summed E-state index contributed by atoms with van der Waals surface area (Å²) in [4.78, 5) is 15.8. The summed E-state index contributed by atoms with van der Waals surface area (Å²) < 4.78 is 5.16. The van der Waals surface area contributed by atoms with E-state index in [4.69, 9.17) is 10.2 Å². The van der Waals surface area contributed by atoms with Crippen LogP contribution in [0.3, 0.4) is 0 Å². The first-order chi connectivity index (χ1) is 8.29. The summed E-state index contributed by atoms with van der Waals surface area (Å²) in [6.45, 7) is 0.895. The lowest BCUT2D eigenvalue weighted by molar-refractivity contribution is 0.0949. The van der Waals surface area contributed by atoms with Crippen molar-refractivity contribution in [3.63, 3.8) is 0 Å². The van der Waals surface area contributed by atoms with Gasteiger partial charge in [0.2, 0.25) is 0 Å². The summed E-state index contributed by atoms with van der Waals surface area (Å²) in [6, 6.07) is 3.70. The topological polar surface area (TPSA) is 81.1 Å². The normalized spacial score (nSPS) is 10.4. The van der Waals surface area contributed by atoms with Gasteiger partial charge in [-0.2, -0.15) is 0 Å². The lowest BCUT2D eigenvalue weighted by Gasteiger charge is -2.00. The van der Waals surface area contributed by atoms with Gasteiger partial charge in [0.15, 0.2) is 0 Å². The molecule has 0 aromatic carbocycles. The van der Waals surface area contributed by atoms with E-state index in [1.54, 1.807) is 11.6 Å². The van der Waals surface area contributed by atoms with Crippen molar-refractivity contribution in [1.29, 1.82) is 0 Å². The Kier molecular flexibility index (Phi) is 3.89. The van der Waals surface area contributed by atoms with Crippen LogP contribution in [-0.2, 0) is 13.0 Å². The van der Waals surface area contributed by atoms with E-state index in [0.717, 1.165) is 10.8 Å². The van der Waals surface area contributed by atoms with Crippen molar-refractivity contribution in [1.82, 2.24) is 10.3 Å². The molecule has 17 heavy (non-hydrogen) atoms. The van der Waals surface area contributed by atoms with E-state index in [1.165, 1.54) is 11.3 Å². The average Bonchev–Trinajstić information content (AvgIpc) is 2.99. The Balaban J connectivity index is 1.81. The van der Waals surface area contributed by atoms with Crippen LogP contribution in [0, 0.1) is 0 Å². The maximum absolute atomic E-state index is 11.7. The molecule has 0 radical (unpaired) electrons. The van der Waals surface area contributed by atoms with Gasteiger partial charge in [-0.3, -0.25) is 4.79 Å². The van der Waals surface area contributed by atoms with Crippen LogP contribution in [0.2, 0.25) is 0 Å². The summed E-state index contributed by atoms with van der Waals surface area (Å²) in [5.74, 6) is 0.679. The average molecular weight is 251 g/mol. The number of carbonyl (C=O) groups is 1. The second-order valence-electron chi connectivity index (χ2n) is 3.42. The number of nitrogens with one attached hydrogen (secondary N) is 1. The van der Waals surface area contributed by atoms with E-state index in [0.29, 0.717) is 25.2 Å². The van der Waals surface area contributed by atoms with Gasteiger partial charge in [0.05, 0.1) is 6.26 Å². The first-order valence-electron chi connectivity index (χ1n) is 5.24. The standard InChI is InChI=1S/C11H13N3O2S/c12-6-10-14-9(7-17-10)11(15)13-4-3-8-2-1-5-16-8/h1-2,5,7H,3-4,6,12H2,(H,13,15). The zero-order valence-electron chi connectivity index (χ0n) is 9.18. The maximum Gasteiger partial charge on any atom is 0.270 e. The molecule has 3 N–H and O–H groups in total. The molecule has 2 aromatic rings. The minimum atomic E-state index is -0.174. The Morgan fingerprint density at radius 1 is 1.59 bits per heavy atom. The molecule has 1 amide bonds. The summed E-state index contributed by atoms with van der Waals surface area (Å²) in [7, 11) is 0. The number of furan rings is 1. The van der Waals surface area contributed by atoms with Crippen LogP contribution in [0.15, 0.2) is 28.2 Å². The summed E-state index contributed by atoms with van der Waals surface area (Å²) in [5.41, 5.74) is 5.86. The van der Waals surface area contributed by atoms with Crippen molar-refractivity contribution in [2.45, 2.75) is 13.0 Å². The molecule has 0 atom stereocenters. The van der Waals surface area contributed by atoms with Gasteiger partial charge in [-0.05, 0) is 12.1 Å². The number of hydrogen-bond donors (Lipinski definition) is 2. The van der Waals surface area contributed by atoms with Gasteiger partial charge < -0.3 is 15.5 Å². The Hall–Kier alpha value is -1.66. The number of carbonyl (C=O) groups excluding carboxylic acids is 1. The van der Waals surface area contributed by atoms with Gasteiger partial charge >= 0.3 is 0 Å². The molecule has 0 aliphatic heterocycles. The van der Waals surface area contributed by atoms with Gasteiger partial charge in [-0.1, -0.05) is 0 Å². The largest absolute Gasteiger partial charge is 0.469 e. The molecule has 0 spiro atoms. The molecule has 90 valence electrons. The van der Waals surface area contributed by atoms with Crippen molar-refractivity contribution in [2.24, 2.45) is 5.73 Å². The molecule has 0 aliphatic carbocycles. The van der Waals surface area contributed by atoms with E-state index >= 15 is 0 Å². The van der Waals surface area contributed by atoms with Crippen molar-refractivity contribution >= 4 is 17.2 Å². The second-order valence-corrected chi connectivity index (χ2v) is 4.36. The van der Waals surface area contributed by atoms with Crippen LogP contribution in [0.5, 0.6) is 0 Å². The fourth-order valence-corrected chi connectivity index (χ4v) is 2.01. The van der Waals surface area contributed by atoms with Crippen LogP contribution >= 0.6 is 11.3 Å². The Morgan fingerprint density at radius 3 is 3.12 bits per heavy atom. The fraction of sp³-hybridized carbons (Fsp3) is 0.273. The number of thiazole rings is 1. The van der Waals surface area contributed by atoms with Crippen LogP contribution in [0.1, 0.15) is 21.3 Å². The zero-order chi connectivity index (χ0) is 12.1. The Morgan fingerprint density at radius 2 is 2.47 bits per heavy atom. The molecule has 0 bridgehead atoms. The van der Waals surface area contributed by atoms with Crippen LogP contribution < -0.4 is 11.1 Å². The maximum atomic E-state index is 11.7. The number of rotatable bonds is 5. The third-order valence-electron chi connectivity index (χ3n) is 2.20. The number of nitrogens with zero attached hydrogens (tertiary/aromatic N) is 1. The predicted octanol–water partition coefficient (Wildman–Crippen LogP) is 1.17. The molecule has 0 saturated heterocycles. The van der Waals surface area contributed by atoms with Crippen molar-refractivity contribution < 1.29 is 9.21 Å². The van der Waals surface area contributed by atoms with Crippen LogP contribution in [0.4, 0.5) is 0 Å². The van der Waals surface area contributed by atoms with Crippen molar-refractivity contribution in [3.05, 3.63) is 40.2 Å². The quantitative estimate of drug-likeness (QED) is 0.835. The lowest BCUT2D eigenvalue weighted by Crippen LogP contribution is -2.25. The predicted molar refractivity (Wildman–Crippen MR) is 64.8 cm³/mol. The van der Waals surface area contributed by atoms with Crippen LogP contribution in [0.25, 0.3) is 0 Å². The molecular weight excluding hydrogens is 238 g/mol. The molecule has 2 rings (SSSR count). The first kappa shape index (κ1) is 11.8. The number of amides is 1. The summed E-state index contributed by atoms with van der Waals surface area (Å²) in [5, 5.41) is 5.26. The minimum absolute atomic E-state index is 0.174. The third kappa shape index (κ3) is 3.15. The highest BCUT2D eigenvalue weighted by atomic mass is 32.1. The molecule has 6 heteroatoms. The van der Waals surface area contributed by atoms with Gasteiger partial charge in [-0.15, -0.1) is 11.3 Å². The van der Waals surface area contributed by atoms with Crippen LogP contribution in [-0.4, -0.2) is 17.4 Å². The smallest absolute Gasteiger partial charge is 0.270 e. The molecular formula is C11H13N3O2S. The minimum Gasteiger partial charge on any atom is -0.469 e. The van der Waals surface area contributed by atoms with E-state index in [-0.39, 0.29) is 5.91 Å². The second kappa shape index (κ2) is 5.60. The molecule has 0 fully saturated rings. The highest BCUT2D eigenvalue weighted by molar-refractivity contribution is 7.09. The molecule has 0 aliphatic rings. The lowest BCUT2D eigenvalue weighted by atomic mass is 10.3. The monoisotopic (exact) mass is 251 g/mol. The highest BCUT2D eigenvalue weighted by Crippen LogP contribution is 2.08. The van der Waals surface area contributed by atoms with E-state index < -0.39 is 0 Å². The van der Waals surface area contributed by atoms with E-state index in [1.807, 2.05) is 12.1 Å². The van der Waals surface area contributed by atoms with Gasteiger partial charge in [0.25, 0.3) is 5.91 Å². The number of aromatic nitrogens is 1. The summed E-state index contributed by atoms with van der Waals surface area (Å²) in [6.07, 6.45) is 2.29. The van der Waals surface area contributed by atoms with Crippen molar-refractivity contribution in [2.75, 3.05) is 6.54 Å².